The van der Waals surface area contributed by atoms with Gasteiger partial charge >= 0.3 is 0 Å². The van der Waals surface area contributed by atoms with Crippen molar-refractivity contribution < 1.29 is 8.78 Å². The molecule has 0 aromatic heterocycles. The zero-order valence-corrected chi connectivity index (χ0v) is 8.72. The second-order valence-corrected chi connectivity index (χ2v) is 4.01. The van der Waals surface area contributed by atoms with E-state index in [9.17, 15) is 8.78 Å². The predicted octanol–water partition coefficient (Wildman–Crippen LogP) is 4.20. The van der Waals surface area contributed by atoms with Crippen LogP contribution < -0.4 is 0 Å². The molecule has 0 atom stereocenters. The first-order valence-electron chi connectivity index (χ1n) is 2.95. The zero-order valence-electron chi connectivity index (χ0n) is 5.62. The average molecular weight is 276 g/mol. The molecule has 0 spiro atoms. The van der Waals surface area contributed by atoms with Gasteiger partial charge in [-0.3, -0.25) is 0 Å². The quantitative estimate of drug-likeness (QED) is 0.532. The van der Waals surface area contributed by atoms with E-state index in [1.54, 1.807) is 0 Å². The number of halogens is 5. The summed E-state index contributed by atoms with van der Waals surface area (Å²) in [5, 5.41) is 0. The van der Waals surface area contributed by atoms with Crippen LogP contribution in [0.3, 0.4) is 0 Å². The van der Waals surface area contributed by atoms with Gasteiger partial charge in [0.05, 0.1) is 10.0 Å². The van der Waals surface area contributed by atoms with Crippen molar-refractivity contribution in [1.29, 1.82) is 0 Å². The molecule has 0 heterocycles. The fraction of sp³-hybridized carbons (Fsp3) is 0.143. The highest BCUT2D eigenvalue weighted by Crippen LogP contribution is 2.32. The van der Waals surface area contributed by atoms with Crippen LogP contribution in [0.1, 0.15) is 10.4 Å². The molecule has 0 saturated carbocycles. The topological polar surface area (TPSA) is 0 Å². The van der Waals surface area contributed by atoms with Crippen molar-refractivity contribution in [3.8, 4) is 0 Å². The molecule has 0 unspecified atom stereocenters. The molecule has 12 heavy (non-hydrogen) atoms. The molecule has 0 fully saturated rings. The fourth-order valence-electron chi connectivity index (χ4n) is 0.743. The molecule has 0 amide bonds. The van der Waals surface area contributed by atoms with Gasteiger partial charge in [-0.05, 0) is 28.1 Å². The van der Waals surface area contributed by atoms with Crippen LogP contribution in [0, 0.1) is 11.6 Å². The van der Waals surface area contributed by atoms with E-state index >= 15 is 0 Å². The second-order valence-electron chi connectivity index (χ2n) is 2.06. The van der Waals surface area contributed by atoms with Crippen LogP contribution in [0.25, 0.3) is 0 Å². The molecule has 0 N–H and O–H groups in total. The Balaban J connectivity index is 3.33. The van der Waals surface area contributed by atoms with Gasteiger partial charge in [0, 0.05) is 0 Å². The lowest BCUT2D eigenvalue weighted by atomic mass is 10.2. The van der Waals surface area contributed by atoms with Gasteiger partial charge in [0.25, 0.3) is 0 Å². The van der Waals surface area contributed by atoms with E-state index in [1.807, 2.05) is 0 Å². The first kappa shape index (κ1) is 10.2. The van der Waals surface area contributed by atoms with E-state index in [0.717, 1.165) is 6.07 Å². The molecule has 0 radical (unpaired) electrons. The highest BCUT2D eigenvalue weighted by atomic mass is 79.9. The van der Waals surface area contributed by atoms with Crippen molar-refractivity contribution in [2.75, 3.05) is 0 Å². The molecule has 1 rings (SSSR count). The van der Waals surface area contributed by atoms with Crippen LogP contribution in [0.4, 0.5) is 8.78 Å². The molecule has 0 saturated heterocycles. The predicted molar refractivity (Wildman–Crippen MR) is 48.5 cm³/mol. The van der Waals surface area contributed by atoms with E-state index in [2.05, 4.69) is 15.9 Å². The molecular weight excluding hydrogens is 273 g/mol. The summed E-state index contributed by atoms with van der Waals surface area (Å²) in [5.74, 6) is -1.50. The van der Waals surface area contributed by atoms with Gasteiger partial charge in [0.2, 0.25) is 0 Å². The van der Waals surface area contributed by atoms with Crippen molar-refractivity contribution in [2.24, 2.45) is 0 Å². The number of benzene rings is 1. The maximum atomic E-state index is 13.1. The number of hydrogen-bond donors (Lipinski definition) is 0. The molecule has 0 aliphatic carbocycles. The van der Waals surface area contributed by atoms with E-state index in [0.29, 0.717) is 0 Å². The lowest BCUT2D eigenvalue weighted by molar-refractivity contribution is 0.560. The van der Waals surface area contributed by atoms with Gasteiger partial charge in [-0.2, -0.15) is 0 Å². The SMILES string of the molecule is Fc1ccc(Br)c(F)c1C(Cl)Cl. The molecule has 0 aliphatic heterocycles. The maximum absolute atomic E-state index is 13.1. The third-order valence-corrected chi connectivity index (χ3v) is 2.35. The van der Waals surface area contributed by atoms with Crippen LogP contribution in [0.2, 0.25) is 0 Å². The Hall–Kier alpha value is 0.140. The molecule has 0 bridgehead atoms. The fourth-order valence-corrected chi connectivity index (χ4v) is 1.49. The number of alkyl halides is 2. The third kappa shape index (κ3) is 1.90. The minimum absolute atomic E-state index is 0.144. The van der Waals surface area contributed by atoms with Gasteiger partial charge in [-0.15, -0.1) is 0 Å². The van der Waals surface area contributed by atoms with Gasteiger partial charge in [0.15, 0.2) is 0 Å². The normalized spacial score (nSPS) is 10.8. The largest absolute Gasteiger partial charge is 0.206 e. The summed E-state index contributed by atoms with van der Waals surface area (Å²) in [5.41, 5.74) is -0.326. The number of rotatable bonds is 1. The van der Waals surface area contributed by atoms with Crippen molar-refractivity contribution in [1.82, 2.24) is 0 Å². The smallest absolute Gasteiger partial charge is 0.146 e. The Bertz CT molecular complexity index is 302. The molecule has 1 aromatic rings. The van der Waals surface area contributed by atoms with E-state index < -0.39 is 16.5 Å². The van der Waals surface area contributed by atoms with Crippen LogP contribution in [0.5, 0.6) is 0 Å². The lowest BCUT2D eigenvalue weighted by Crippen LogP contribution is -1.95. The minimum Gasteiger partial charge on any atom is -0.206 e. The second kappa shape index (κ2) is 3.90. The Kier molecular flexibility index (Phi) is 3.32. The summed E-state index contributed by atoms with van der Waals surface area (Å²) in [6.07, 6.45) is 0. The van der Waals surface area contributed by atoms with Crippen molar-refractivity contribution >= 4 is 39.1 Å². The lowest BCUT2D eigenvalue weighted by Gasteiger charge is -2.05. The molecule has 1 aromatic carbocycles. The number of hydrogen-bond acceptors (Lipinski definition) is 0. The van der Waals surface area contributed by atoms with Crippen LogP contribution in [-0.4, -0.2) is 0 Å². The minimum atomic E-state index is -1.19. The van der Waals surface area contributed by atoms with Crippen molar-refractivity contribution in [2.45, 2.75) is 4.84 Å². The first-order valence-corrected chi connectivity index (χ1v) is 4.62. The van der Waals surface area contributed by atoms with E-state index in [4.69, 9.17) is 23.2 Å². The Labute approximate surface area is 86.6 Å². The monoisotopic (exact) mass is 274 g/mol. The molecule has 5 heteroatoms. The first-order chi connectivity index (χ1) is 5.54. The zero-order chi connectivity index (χ0) is 9.30. The molecule has 0 aliphatic rings. The van der Waals surface area contributed by atoms with Crippen LogP contribution in [0.15, 0.2) is 16.6 Å². The van der Waals surface area contributed by atoms with Gasteiger partial charge in [0.1, 0.15) is 16.5 Å². The highest BCUT2D eigenvalue weighted by molar-refractivity contribution is 9.10. The highest BCUT2D eigenvalue weighted by Gasteiger charge is 2.17. The van der Waals surface area contributed by atoms with E-state index in [-0.39, 0.29) is 10.0 Å². The standard InChI is InChI=1S/C7H3BrCl2F2/c8-3-1-2-4(11)5(6(3)12)7(9)10/h1-2,7H. The van der Waals surface area contributed by atoms with Crippen LogP contribution in [-0.2, 0) is 0 Å². The molecule has 0 nitrogen and oxygen atoms in total. The Morgan fingerprint density at radius 1 is 1.25 bits per heavy atom. The summed E-state index contributed by atoms with van der Waals surface area (Å²) in [6.45, 7) is 0. The summed E-state index contributed by atoms with van der Waals surface area (Å²) < 4.78 is 26.1. The van der Waals surface area contributed by atoms with Crippen molar-refractivity contribution in [3.05, 3.63) is 33.8 Å². The summed E-state index contributed by atoms with van der Waals surface area (Å²) in [7, 11) is 0. The van der Waals surface area contributed by atoms with E-state index in [1.165, 1.54) is 6.07 Å². The molecular formula is C7H3BrCl2F2. The average Bonchev–Trinajstić information content (AvgIpc) is 1.97. The van der Waals surface area contributed by atoms with Gasteiger partial charge in [-0.25, -0.2) is 8.78 Å². The Morgan fingerprint density at radius 2 is 1.83 bits per heavy atom. The molecule has 66 valence electrons. The Morgan fingerprint density at radius 3 is 2.25 bits per heavy atom. The maximum Gasteiger partial charge on any atom is 0.146 e. The van der Waals surface area contributed by atoms with Crippen molar-refractivity contribution in [3.63, 3.8) is 0 Å². The van der Waals surface area contributed by atoms with Gasteiger partial charge in [-0.1, -0.05) is 23.2 Å². The third-order valence-electron chi connectivity index (χ3n) is 1.30. The summed E-state index contributed by atoms with van der Waals surface area (Å²) in [6, 6.07) is 2.35. The summed E-state index contributed by atoms with van der Waals surface area (Å²) in [4.78, 5) is -1.19. The van der Waals surface area contributed by atoms with Crippen LogP contribution >= 0.6 is 39.1 Å². The van der Waals surface area contributed by atoms with Gasteiger partial charge < -0.3 is 0 Å². The summed E-state index contributed by atoms with van der Waals surface area (Å²) >= 11 is 13.6.